The Balaban J connectivity index is 2.61. The van der Waals surface area contributed by atoms with E-state index in [-0.39, 0.29) is 23.1 Å². The van der Waals surface area contributed by atoms with E-state index in [0.717, 1.165) is 6.42 Å². The van der Waals surface area contributed by atoms with Gasteiger partial charge >= 0.3 is 0 Å². The van der Waals surface area contributed by atoms with Gasteiger partial charge in [0.1, 0.15) is 0 Å². The van der Waals surface area contributed by atoms with Crippen LogP contribution in [0.2, 0.25) is 18.1 Å². The van der Waals surface area contributed by atoms with E-state index in [0.29, 0.717) is 18.3 Å². The summed E-state index contributed by atoms with van der Waals surface area (Å²) in [5.74, 6) is 6.86. The summed E-state index contributed by atoms with van der Waals surface area (Å²) < 4.78 is 6.47. The first-order chi connectivity index (χ1) is 13.0. The molecule has 28 heavy (non-hydrogen) atoms. The Kier molecular flexibility index (Phi) is 9.46. The molecule has 1 rings (SSSR count). The molecule has 0 aromatic heterocycles. The van der Waals surface area contributed by atoms with Crippen LogP contribution in [0.15, 0.2) is 37.0 Å². The van der Waals surface area contributed by atoms with Gasteiger partial charge in [-0.2, -0.15) is 0 Å². The first kappa shape index (κ1) is 24.5. The Morgan fingerprint density at radius 2 is 2.04 bits per heavy atom. The van der Waals surface area contributed by atoms with Crippen LogP contribution in [0.5, 0.6) is 0 Å². The average Bonchev–Trinajstić information content (AvgIpc) is 3.31. The van der Waals surface area contributed by atoms with Gasteiger partial charge in [-0.25, -0.2) is 0 Å². The summed E-state index contributed by atoms with van der Waals surface area (Å²) >= 11 is 0. The Morgan fingerprint density at radius 1 is 1.36 bits per heavy atom. The minimum absolute atomic E-state index is 0.102. The molecule has 1 amide bonds. The number of carbonyl (C=O) groups is 1. The van der Waals surface area contributed by atoms with Crippen molar-refractivity contribution >= 4 is 14.2 Å². The highest BCUT2D eigenvalue weighted by Gasteiger charge is 2.38. The second kappa shape index (κ2) is 10.8. The summed E-state index contributed by atoms with van der Waals surface area (Å²) in [6, 6.07) is 0.144. The molecule has 0 aromatic rings. The summed E-state index contributed by atoms with van der Waals surface area (Å²) in [5.41, 5.74) is 0. The molecule has 0 aromatic carbocycles. The Labute approximate surface area is 173 Å². The predicted molar refractivity (Wildman–Crippen MR) is 122 cm³/mol. The SMILES string of the molecule is C=C[C@H]1C[C@@H]1C[C@@H](C)NC(=O)C#CCC(C=CC=CC)O[Si](C)(C)C(C)(C)C. The molecule has 0 radical (unpaired) electrons. The molecular formula is C24H39NO2Si. The third kappa shape index (κ3) is 8.62. The van der Waals surface area contributed by atoms with E-state index in [2.05, 4.69) is 57.6 Å². The van der Waals surface area contributed by atoms with Crippen molar-refractivity contribution in [3.63, 3.8) is 0 Å². The van der Waals surface area contributed by atoms with Gasteiger partial charge in [-0.1, -0.05) is 57.1 Å². The van der Waals surface area contributed by atoms with E-state index in [1.807, 2.05) is 44.2 Å². The van der Waals surface area contributed by atoms with Crippen molar-refractivity contribution in [3.8, 4) is 11.8 Å². The highest BCUT2D eigenvalue weighted by molar-refractivity contribution is 6.74. The molecule has 1 fully saturated rings. The van der Waals surface area contributed by atoms with Crippen LogP contribution in [0, 0.1) is 23.7 Å². The fourth-order valence-corrected chi connectivity index (χ4v) is 4.11. The zero-order valence-corrected chi connectivity index (χ0v) is 19.8. The Bertz CT molecular complexity index is 646. The second-order valence-corrected chi connectivity index (χ2v) is 14.1. The number of carbonyl (C=O) groups excluding carboxylic acids is 1. The third-order valence-electron chi connectivity index (χ3n) is 5.70. The molecule has 156 valence electrons. The zero-order chi connectivity index (χ0) is 21.4. The molecule has 3 nitrogen and oxygen atoms in total. The lowest BCUT2D eigenvalue weighted by molar-refractivity contribution is -0.116. The molecule has 0 heterocycles. The summed E-state index contributed by atoms with van der Waals surface area (Å²) in [5, 5.41) is 3.12. The molecule has 4 heteroatoms. The van der Waals surface area contributed by atoms with Crippen LogP contribution >= 0.6 is 0 Å². The predicted octanol–water partition coefficient (Wildman–Crippen LogP) is 5.62. The number of amides is 1. The average molecular weight is 402 g/mol. The van der Waals surface area contributed by atoms with E-state index < -0.39 is 8.32 Å². The van der Waals surface area contributed by atoms with Gasteiger partial charge in [-0.3, -0.25) is 4.79 Å². The smallest absolute Gasteiger partial charge is 0.296 e. The van der Waals surface area contributed by atoms with Gasteiger partial charge in [0.15, 0.2) is 8.32 Å². The van der Waals surface area contributed by atoms with Gasteiger partial charge < -0.3 is 9.74 Å². The van der Waals surface area contributed by atoms with Crippen molar-refractivity contribution in [1.29, 1.82) is 0 Å². The maximum atomic E-state index is 12.1. The quantitative estimate of drug-likeness (QED) is 0.236. The molecule has 4 atom stereocenters. The summed E-state index contributed by atoms with van der Waals surface area (Å²) in [7, 11) is -1.91. The number of rotatable bonds is 9. The van der Waals surface area contributed by atoms with E-state index in [1.165, 1.54) is 6.42 Å². The fourth-order valence-electron chi connectivity index (χ4n) is 2.84. The van der Waals surface area contributed by atoms with Crippen LogP contribution in [0.1, 0.15) is 53.9 Å². The Hall–Kier alpha value is -1.57. The highest BCUT2D eigenvalue weighted by Crippen LogP contribution is 2.42. The van der Waals surface area contributed by atoms with Crippen LogP contribution in [-0.2, 0) is 9.22 Å². The number of hydrogen-bond acceptors (Lipinski definition) is 2. The monoisotopic (exact) mass is 401 g/mol. The standard InChI is InChI=1S/C24H39NO2Si/c1-9-11-12-14-22(27-28(7,8)24(4,5)6)15-13-16-23(26)25-19(3)17-21-18-20(21)10-2/h9-12,14,19-22H,2,15,17-18H2,1,3-8H3,(H,25,26)/t19-,20+,21+,22?/m1/s1. The minimum Gasteiger partial charge on any atom is -0.410 e. The fraction of sp³-hybridized carbons (Fsp3) is 0.625. The van der Waals surface area contributed by atoms with E-state index in [1.54, 1.807) is 0 Å². The van der Waals surface area contributed by atoms with Crippen molar-refractivity contribution in [2.75, 3.05) is 0 Å². The molecule has 1 saturated carbocycles. The van der Waals surface area contributed by atoms with Crippen molar-refractivity contribution < 1.29 is 9.22 Å². The molecule has 1 aliphatic rings. The topological polar surface area (TPSA) is 38.3 Å². The van der Waals surface area contributed by atoms with Crippen molar-refractivity contribution in [2.24, 2.45) is 11.8 Å². The first-order valence-corrected chi connectivity index (χ1v) is 13.3. The molecular weight excluding hydrogens is 362 g/mol. The summed E-state index contributed by atoms with van der Waals surface area (Å²) in [6.07, 6.45) is 12.6. The van der Waals surface area contributed by atoms with Crippen LogP contribution in [0.3, 0.4) is 0 Å². The number of hydrogen-bond donors (Lipinski definition) is 1. The second-order valence-electron chi connectivity index (χ2n) is 9.34. The maximum Gasteiger partial charge on any atom is 0.296 e. The van der Waals surface area contributed by atoms with Gasteiger partial charge in [-0.05, 0) is 62.6 Å². The van der Waals surface area contributed by atoms with E-state index in [4.69, 9.17) is 4.43 Å². The first-order valence-electron chi connectivity index (χ1n) is 10.4. The van der Waals surface area contributed by atoms with Crippen molar-refractivity contribution in [2.45, 2.75) is 84.2 Å². The molecule has 1 N–H and O–H groups in total. The van der Waals surface area contributed by atoms with Gasteiger partial charge in [0, 0.05) is 12.5 Å². The molecule has 0 aliphatic heterocycles. The largest absolute Gasteiger partial charge is 0.410 e. The molecule has 1 aliphatic carbocycles. The van der Waals surface area contributed by atoms with E-state index in [9.17, 15) is 4.79 Å². The third-order valence-corrected chi connectivity index (χ3v) is 10.2. The van der Waals surface area contributed by atoms with Crippen LogP contribution in [0.25, 0.3) is 0 Å². The van der Waals surface area contributed by atoms with Gasteiger partial charge in [0.25, 0.3) is 5.91 Å². The van der Waals surface area contributed by atoms with Crippen LogP contribution < -0.4 is 5.32 Å². The minimum atomic E-state index is -1.91. The molecule has 0 spiro atoms. The molecule has 0 bridgehead atoms. The normalized spacial score (nSPS) is 21.8. The van der Waals surface area contributed by atoms with E-state index >= 15 is 0 Å². The van der Waals surface area contributed by atoms with Gasteiger partial charge in [0.2, 0.25) is 0 Å². The van der Waals surface area contributed by atoms with Crippen LogP contribution in [-0.4, -0.2) is 26.4 Å². The maximum absolute atomic E-state index is 12.1. The van der Waals surface area contributed by atoms with Crippen LogP contribution in [0.4, 0.5) is 0 Å². The summed E-state index contributed by atoms with van der Waals surface area (Å²) in [6.45, 7) is 19.0. The lowest BCUT2D eigenvalue weighted by atomic mass is 10.1. The van der Waals surface area contributed by atoms with Crippen molar-refractivity contribution in [1.82, 2.24) is 5.32 Å². The molecule has 1 unspecified atom stereocenters. The zero-order valence-electron chi connectivity index (χ0n) is 18.8. The summed E-state index contributed by atoms with van der Waals surface area (Å²) in [4.78, 5) is 12.1. The van der Waals surface area contributed by atoms with Gasteiger partial charge in [0.05, 0.1) is 6.10 Å². The lowest BCUT2D eigenvalue weighted by Gasteiger charge is -2.38. The highest BCUT2D eigenvalue weighted by atomic mass is 28.4. The number of allylic oxidation sites excluding steroid dienone is 4. The number of nitrogens with one attached hydrogen (secondary N) is 1. The van der Waals surface area contributed by atoms with Crippen molar-refractivity contribution in [3.05, 3.63) is 37.0 Å². The van der Waals surface area contributed by atoms with Gasteiger partial charge in [-0.15, -0.1) is 6.58 Å². The Morgan fingerprint density at radius 3 is 2.57 bits per heavy atom. The molecule has 0 saturated heterocycles. The lowest BCUT2D eigenvalue weighted by Crippen LogP contribution is -2.43.